The quantitative estimate of drug-likeness (QED) is 0.715. The van der Waals surface area contributed by atoms with Crippen molar-refractivity contribution in [3.05, 3.63) is 60.4 Å². The Morgan fingerprint density at radius 1 is 1.00 bits per heavy atom. The normalized spacial score (nSPS) is 18.9. The lowest BCUT2D eigenvalue weighted by Crippen LogP contribution is -2.53. The maximum Gasteiger partial charge on any atom is 0.259 e. The number of benzene rings is 2. The van der Waals surface area contributed by atoms with Gasteiger partial charge in [0, 0.05) is 24.2 Å². The topological polar surface area (TPSA) is 79.4 Å². The monoisotopic (exact) mass is 357 g/mol. The van der Waals surface area contributed by atoms with E-state index in [0.29, 0.717) is 12.0 Å². The molecule has 3 aromatic rings. The predicted molar refractivity (Wildman–Crippen MR) is 100 cm³/mol. The zero-order chi connectivity index (χ0) is 18.5. The number of anilines is 1. The highest BCUT2D eigenvalue weighted by molar-refractivity contribution is 6.27. The summed E-state index contributed by atoms with van der Waals surface area (Å²) in [5, 5.41) is 4.14. The second kappa shape index (κ2) is 5.74. The number of piperidine rings is 1. The van der Waals surface area contributed by atoms with Crippen molar-refractivity contribution in [2.75, 3.05) is 4.90 Å². The van der Waals surface area contributed by atoms with E-state index in [-0.39, 0.29) is 18.2 Å². The fourth-order valence-corrected chi connectivity index (χ4v) is 3.97. The van der Waals surface area contributed by atoms with Crippen LogP contribution < -0.4 is 10.2 Å². The molecule has 2 aromatic carbocycles. The Balaban J connectivity index is 1.66. The summed E-state index contributed by atoms with van der Waals surface area (Å²) in [6.45, 7) is 0. The second-order valence-electron chi connectivity index (χ2n) is 6.78. The second-order valence-corrected chi connectivity index (χ2v) is 6.78. The van der Waals surface area contributed by atoms with E-state index in [1.165, 1.54) is 4.90 Å². The van der Waals surface area contributed by atoms with Crippen LogP contribution in [0, 0.1) is 0 Å². The molecular formula is C21H15N3O3. The average molecular weight is 357 g/mol. The molecule has 2 aliphatic heterocycles. The zero-order valence-corrected chi connectivity index (χ0v) is 14.3. The van der Waals surface area contributed by atoms with Crippen molar-refractivity contribution in [1.29, 1.82) is 0 Å². The molecule has 0 spiro atoms. The third-order valence-electron chi connectivity index (χ3n) is 5.20. The molecule has 2 aliphatic rings. The van der Waals surface area contributed by atoms with Crippen molar-refractivity contribution in [3.63, 3.8) is 0 Å². The molecule has 1 saturated heterocycles. The Labute approximate surface area is 154 Å². The lowest BCUT2D eigenvalue weighted by atomic mass is 9.98. The minimum absolute atomic E-state index is 0.202. The molecule has 1 N–H and O–H groups in total. The Morgan fingerprint density at radius 2 is 1.81 bits per heavy atom. The number of imide groups is 1. The van der Waals surface area contributed by atoms with Crippen LogP contribution >= 0.6 is 0 Å². The third kappa shape index (κ3) is 2.33. The first-order valence-corrected chi connectivity index (χ1v) is 8.78. The van der Waals surface area contributed by atoms with Gasteiger partial charge in [0.15, 0.2) is 0 Å². The van der Waals surface area contributed by atoms with Crippen LogP contribution in [0.3, 0.4) is 0 Å². The summed E-state index contributed by atoms with van der Waals surface area (Å²) in [7, 11) is 0. The summed E-state index contributed by atoms with van der Waals surface area (Å²) in [5.74, 6) is -0.913. The van der Waals surface area contributed by atoms with E-state index in [1.807, 2.05) is 42.5 Å². The smallest absolute Gasteiger partial charge is 0.259 e. The first kappa shape index (κ1) is 15.7. The maximum atomic E-state index is 13.2. The van der Waals surface area contributed by atoms with E-state index in [0.717, 1.165) is 27.6 Å². The van der Waals surface area contributed by atoms with Crippen LogP contribution in [0.5, 0.6) is 0 Å². The van der Waals surface area contributed by atoms with E-state index >= 15 is 0 Å². The number of amides is 3. The van der Waals surface area contributed by atoms with E-state index in [2.05, 4.69) is 10.3 Å². The maximum absolute atomic E-state index is 13.2. The Hall–Kier alpha value is -3.54. The van der Waals surface area contributed by atoms with Gasteiger partial charge in [0.2, 0.25) is 11.8 Å². The van der Waals surface area contributed by atoms with Gasteiger partial charge in [-0.25, -0.2) is 0 Å². The van der Waals surface area contributed by atoms with Crippen LogP contribution in [-0.2, 0) is 9.59 Å². The molecule has 6 nitrogen and oxygen atoms in total. The Kier molecular flexibility index (Phi) is 3.33. The number of nitrogens with zero attached hydrogens (tertiary/aromatic N) is 2. The molecule has 0 saturated carbocycles. The number of pyridine rings is 1. The molecule has 1 unspecified atom stereocenters. The molecule has 3 amide bonds. The van der Waals surface area contributed by atoms with Gasteiger partial charge < -0.3 is 0 Å². The standard InChI is InChI=1S/C21H15N3O3/c25-18-5-4-17(20(26)23-18)24-16-3-1-2-13-10-14(12-6-8-22-9-7-12)11-15(19(13)16)21(24)27/h1-3,6-11,17H,4-5H2,(H,23,25,26). The molecule has 6 heteroatoms. The predicted octanol–water partition coefficient (Wildman–Crippen LogP) is 2.67. The van der Waals surface area contributed by atoms with Gasteiger partial charge in [-0.1, -0.05) is 12.1 Å². The first-order valence-electron chi connectivity index (χ1n) is 8.78. The minimum atomic E-state index is -0.669. The number of aromatic nitrogens is 1. The van der Waals surface area contributed by atoms with Gasteiger partial charge in [-0.05, 0) is 53.3 Å². The van der Waals surface area contributed by atoms with E-state index < -0.39 is 11.9 Å². The number of carbonyl (C=O) groups is 3. The summed E-state index contributed by atoms with van der Waals surface area (Å²) in [6.07, 6.45) is 3.99. The SMILES string of the molecule is O=C1CCC(N2C(=O)c3cc(-c4ccncc4)cc4cccc2c34)C(=O)N1. The molecule has 1 fully saturated rings. The highest BCUT2D eigenvalue weighted by Gasteiger charge is 2.40. The number of hydrogen-bond acceptors (Lipinski definition) is 4. The fourth-order valence-electron chi connectivity index (χ4n) is 3.97. The molecule has 132 valence electrons. The molecule has 0 radical (unpaired) electrons. The zero-order valence-electron chi connectivity index (χ0n) is 14.3. The van der Waals surface area contributed by atoms with Crippen LogP contribution in [0.1, 0.15) is 23.2 Å². The molecule has 0 aliphatic carbocycles. The summed E-state index contributed by atoms with van der Waals surface area (Å²) in [5.41, 5.74) is 3.21. The van der Waals surface area contributed by atoms with Crippen LogP contribution in [0.4, 0.5) is 5.69 Å². The number of nitrogens with one attached hydrogen (secondary N) is 1. The van der Waals surface area contributed by atoms with Gasteiger partial charge >= 0.3 is 0 Å². The van der Waals surface area contributed by atoms with E-state index in [9.17, 15) is 14.4 Å². The Morgan fingerprint density at radius 3 is 2.59 bits per heavy atom. The van der Waals surface area contributed by atoms with Gasteiger partial charge in [0.1, 0.15) is 6.04 Å². The van der Waals surface area contributed by atoms with Crippen molar-refractivity contribution in [2.45, 2.75) is 18.9 Å². The van der Waals surface area contributed by atoms with Crippen LogP contribution in [0.15, 0.2) is 54.9 Å². The molecule has 1 atom stereocenters. The molecule has 5 rings (SSSR count). The lowest BCUT2D eigenvalue weighted by Gasteiger charge is -2.30. The van der Waals surface area contributed by atoms with Crippen LogP contribution in [0.25, 0.3) is 21.9 Å². The molecular weight excluding hydrogens is 342 g/mol. The summed E-state index contributed by atoms with van der Waals surface area (Å²) >= 11 is 0. The van der Waals surface area contributed by atoms with E-state index in [4.69, 9.17) is 0 Å². The van der Waals surface area contributed by atoms with Gasteiger partial charge in [-0.2, -0.15) is 0 Å². The van der Waals surface area contributed by atoms with Crippen molar-refractivity contribution < 1.29 is 14.4 Å². The first-order chi connectivity index (χ1) is 13.1. The minimum Gasteiger partial charge on any atom is -0.295 e. The summed E-state index contributed by atoms with van der Waals surface area (Å²) < 4.78 is 0. The number of hydrogen-bond donors (Lipinski definition) is 1. The summed E-state index contributed by atoms with van der Waals surface area (Å²) in [6, 6.07) is 12.7. The van der Waals surface area contributed by atoms with Crippen LogP contribution in [-0.4, -0.2) is 28.7 Å². The largest absolute Gasteiger partial charge is 0.295 e. The third-order valence-corrected chi connectivity index (χ3v) is 5.20. The van der Waals surface area contributed by atoms with Gasteiger partial charge in [-0.15, -0.1) is 0 Å². The molecule has 3 heterocycles. The Bertz CT molecular complexity index is 1120. The van der Waals surface area contributed by atoms with Gasteiger partial charge in [0.25, 0.3) is 5.91 Å². The van der Waals surface area contributed by atoms with E-state index in [1.54, 1.807) is 12.4 Å². The summed E-state index contributed by atoms with van der Waals surface area (Å²) in [4.78, 5) is 42.7. The molecule has 1 aromatic heterocycles. The highest BCUT2D eigenvalue weighted by atomic mass is 16.2. The van der Waals surface area contributed by atoms with Crippen molar-refractivity contribution >= 4 is 34.2 Å². The average Bonchev–Trinajstić information content (AvgIpc) is 2.96. The van der Waals surface area contributed by atoms with Crippen molar-refractivity contribution in [1.82, 2.24) is 10.3 Å². The fraction of sp³-hybridized carbons (Fsp3) is 0.143. The highest BCUT2D eigenvalue weighted by Crippen LogP contribution is 2.41. The van der Waals surface area contributed by atoms with Crippen LogP contribution in [0.2, 0.25) is 0 Å². The van der Waals surface area contributed by atoms with Gasteiger partial charge in [-0.3, -0.25) is 29.6 Å². The van der Waals surface area contributed by atoms with Crippen molar-refractivity contribution in [2.24, 2.45) is 0 Å². The van der Waals surface area contributed by atoms with Gasteiger partial charge in [0.05, 0.1) is 11.3 Å². The number of rotatable bonds is 2. The molecule has 27 heavy (non-hydrogen) atoms. The number of carbonyl (C=O) groups excluding carboxylic acids is 3. The lowest BCUT2D eigenvalue weighted by molar-refractivity contribution is -0.134. The molecule has 0 bridgehead atoms. The van der Waals surface area contributed by atoms with Crippen molar-refractivity contribution in [3.8, 4) is 11.1 Å².